The Morgan fingerprint density at radius 2 is 1.86 bits per heavy atom. The summed E-state index contributed by atoms with van der Waals surface area (Å²) in [6.07, 6.45) is 0. The molecular weight excluding hydrogens is 276 g/mol. The van der Waals surface area contributed by atoms with Crippen molar-refractivity contribution in [3.63, 3.8) is 0 Å². The van der Waals surface area contributed by atoms with Crippen molar-refractivity contribution in [1.82, 2.24) is 4.98 Å². The molecule has 0 amide bonds. The van der Waals surface area contributed by atoms with Crippen LogP contribution in [0.2, 0.25) is 0 Å². The summed E-state index contributed by atoms with van der Waals surface area (Å²) < 4.78 is 5.73. The lowest BCUT2D eigenvalue weighted by Gasteiger charge is -2.52. The lowest BCUT2D eigenvalue weighted by molar-refractivity contribution is -0.0684. The Morgan fingerprint density at radius 3 is 2.32 bits per heavy atom. The predicted octanol–water partition coefficient (Wildman–Crippen LogP) is 3.44. The molecule has 0 spiro atoms. The molecule has 2 N–H and O–H groups in total. The maximum absolute atomic E-state index is 5.73. The maximum Gasteiger partial charge on any atom is 0.130 e. The zero-order chi connectivity index (χ0) is 16.8. The summed E-state index contributed by atoms with van der Waals surface area (Å²) in [6.45, 7) is 13.2. The molecule has 1 aromatic rings. The van der Waals surface area contributed by atoms with Gasteiger partial charge in [-0.05, 0) is 12.8 Å². The van der Waals surface area contributed by atoms with E-state index in [1.54, 1.807) is 0 Å². The molecule has 5 heteroatoms. The highest BCUT2D eigenvalue weighted by atomic mass is 16.5. The third-order valence-corrected chi connectivity index (χ3v) is 4.17. The van der Waals surface area contributed by atoms with Gasteiger partial charge >= 0.3 is 0 Å². The molecule has 0 aliphatic carbocycles. The normalized spacial score (nSPS) is 15.7. The van der Waals surface area contributed by atoms with Gasteiger partial charge in [-0.1, -0.05) is 27.7 Å². The number of hydrogen-bond donors (Lipinski definition) is 2. The molecule has 2 rings (SSSR count). The van der Waals surface area contributed by atoms with Crippen molar-refractivity contribution in [2.75, 3.05) is 49.3 Å². The minimum atomic E-state index is -0.0125. The highest BCUT2D eigenvalue weighted by Gasteiger charge is 2.46. The minimum absolute atomic E-state index is 0.0125. The van der Waals surface area contributed by atoms with Crippen LogP contribution >= 0.6 is 0 Å². The molecule has 126 valence electrons. The van der Waals surface area contributed by atoms with Gasteiger partial charge in [-0.3, -0.25) is 0 Å². The van der Waals surface area contributed by atoms with Crippen molar-refractivity contribution in [2.24, 2.45) is 5.92 Å². The summed E-state index contributed by atoms with van der Waals surface area (Å²) in [7, 11) is 3.71. The standard InChI is InChI=1S/C15H26N4O.C2H6/c1-6-17-14-8-12(7-13(16-4)18-14)19-9-15(10-19,20-5)11(2)3;1-2/h7-8,11H,6,9-10H2,1-5H3,(H2,16,17,18);1-2H3. The number of nitrogens with one attached hydrogen (secondary N) is 2. The fourth-order valence-corrected chi connectivity index (χ4v) is 2.61. The SMILES string of the molecule is CC.CCNc1cc(N2CC(OC)(C(C)C)C2)cc(NC)n1. The van der Waals surface area contributed by atoms with Gasteiger partial charge in [-0.25, -0.2) is 4.98 Å². The summed E-state index contributed by atoms with van der Waals surface area (Å²) in [5, 5.41) is 6.39. The van der Waals surface area contributed by atoms with Crippen LogP contribution in [0.1, 0.15) is 34.6 Å². The van der Waals surface area contributed by atoms with Gasteiger partial charge in [0.25, 0.3) is 0 Å². The monoisotopic (exact) mass is 308 g/mol. The highest BCUT2D eigenvalue weighted by Crippen LogP contribution is 2.36. The Bertz CT molecular complexity index is 456. The summed E-state index contributed by atoms with van der Waals surface area (Å²) in [5.74, 6) is 2.31. The summed E-state index contributed by atoms with van der Waals surface area (Å²) in [5.41, 5.74) is 1.18. The first-order valence-electron chi connectivity index (χ1n) is 8.28. The van der Waals surface area contributed by atoms with Gasteiger partial charge in [-0.15, -0.1) is 0 Å². The number of rotatable bonds is 6. The van der Waals surface area contributed by atoms with Gasteiger partial charge in [0, 0.05) is 51.6 Å². The summed E-state index contributed by atoms with van der Waals surface area (Å²) in [6, 6.07) is 4.19. The number of anilines is 3. The molecule has 0 atom stereocenters. The molecule has 1 saturated heterocycles. The van der Waals surface area contributed by atoms with Gasteiger partial charge in [0.2, 0.25) is 0 Å². The van der Waals surface area contributed by atoms with E-state index in [1.807, 2.05) is 28.0 Å². The zero-order valence-electron chi connectivity index (χ0n) is 15.2. The van der Waals surface area contributed by atoms with Crippen molar-refractivity contribution < 1.29 is 4.74 Å². The van der Waals surface area contributed by atoms with Crippen LogP contribution in [0.25, 0.3) is 0 Å². The number of nitrogens with zero attached hydrogens (tertiary/aromatic N) is 2. The summed E-state index contributed by atoms with van der Waals surface area (Å²) >= 11 is 0. The van der Waals surface area contributed by atoms with Crippen molar-refractivity contribution in [1.29, 1.82) is 0 Å². The number of ether oxygens (including phenoxy) is 1. The second-order valence-electron chi connectivity index (χ2n) is 5.66. The maximum atomic E-state index is 5.73. The van der Waals surface area contributed by atoms with Crippen molar-refractivity contribution in [2.45, 2.75) is 40.2 Å². The van der Waals surface area contributed by atoms with Crippen LogP contribution in [-0.2, 0) is 4.74 Å². The molecule has 1 aliphatic rings. The van der Waals surface area contributed by atoms with Gasteiger partial charge < -0.3 is 20.3 Å². The lowest BCUT2D eigenvalue weighted by atomic mass is 9.82. The molecular formula is C17H32N4O. The molecule has 0 radical (unpaired) electrons. The van der Waals surface area contributed by atoms with E-state index in [9.17, 15) is 0 Å². The van der Waals surface area contributed by atoms with E-state index in [1.165, 1.54) is 5.69 Å². The van der Waals surface area contributed by atoms with Gasteiger partial charge in [0.05, 0.1) is 0 Å². The number of methoxy groups -OCH3 is 1. The smallest absolute Gasteiger partial charge is 0.130 e. The lowest BCUT2D eigenvalue weighted by Crippen LogP contribution is -2.65. The second-order valence-corrected chi connectivity index (χ2v) is 5.66. The van der Waals surface area contributed by atoms with E-state index in [0.717, 1.165) is 31.3 Å². The molecule has 5 nitrogen and oxygen atoms in total. The van der Waals surface area contributed by atoms with Gasteiger partial charge in [-0.2, -0.15) is 0 Å². The molecule has 0 unspecified atom stereocenters. The Morgan fingerprint density at radius 1 is 1.27 bits per heavy atom. The van der Waals surface area contributed by atoms with E-state index in [2.05, 4.69) is 53.4 Å². The molecule has 22 heavy (non-hydrogen) atoms. The Kier molecular flexibility index (Phi) is 6.94. The van der Waals surface area contributed by atoms with Crippen LogP contribution in [0.15, 0.2) is 12.1 Å². The third-order valence-electron chi connectivity index (χ3n) is 4.17. The largest absolute Gasteiger partial charge is 0.374 e. The first-order valence-corrected chi connectivity index (χ1v) is 8.28. The molecule has 1 aromatic heterocycles. The summed E-state index contributed by atoms with van der Waals surface area (Å²) in [4.78, 5) is 6.83. The Balaban J connectivity index is 0.00000116. The van der Waals surface area contributed by atoms with E-state index >= 15 is 0 Å². The van der Waals surface area contributed by atoms with Crippen LogP contribution in [-0.4, -0.2) is 44.4 Å². The fourth-order valence-electron chi connectivity index (χ4n) is 2.61. The van der Waals surface area contributed by atoms with Crippen LogP contribution < -0.4 is 15.5 Å². The first-order chi connectivity index (χ1) is 10.5. The molecule has 1 fully saturated rings. The highest BCUT2D eigenvalue weighted by molar-refractivity contribution is 5.63. The van der Waals surface area contributed by atoms with Gasteiger partial charge in [0.1, 0.15) is 17.2 Å². The molecule has 0 bridgehead atoms. The topological polar surface area (TPSA) is 49.4 Å². The Hall–Kier alpha value is -1.49. The van der Waals surface area contributed by atoms with Crippen molar-refractivity contribution >= 4 is 17.3 Å². The van der Waals surface area contributed by atoms with Crippen LogP contribution in [0.5, 0.6) is 0 Å². The van der Waals surface area contributed by atoms with Crippen molar-refractivity contribution in [3.05, 3.63) is 12.1 Å². The Labute approximate surface area is 135 Å². The fraction of sp³-hybridized carbons (Fsp3) is 0.706. The second kappa shape index (κ2) is 8.22. The van der Waals surface area contributed by atoms with Gasteiger partial charge in [0.15, 0.2) is 0 Å². The minimum Gasteiger partial charge on any atom is -0.374 e. The van der Waals surface area contributed by atoms with Crippen molar-refractivity contribution in [3.8, 4) is 0 Å². The zero-order valence-corrected chi connectivity index (χ0v) is 15.2. The van der Waals surface area contributed by atoms with E-state index in [4.69, 9.17) is 4.74 Å². The molecule has 0 aromatic carbocycles. The van der Waals surface area contributed by atoms with E-state index in [-0.39, 0.29) is 5.60 Å². The van der Waals surface area contributed by atoms with E-state index < -0.39 is 0 Å². The number of aromatic nitrogens is 1. The first kappa shape index (κ1) is 18.6. The van der Waals surface area contributed by atoms with Crippen LogP contribution in [0, 0.1) is 5.92 Å². The van der Waals surface area contributed by atoms with Crippen LogP contribution in [0.4, 0.5) is 17.3 Å². The third kappa shape index (κ3) is 3.83. The number of hydrogen-bond acceptors (Lipinski definition) is 5. The average molecular weight is 308 g/mol. The average Bonchev–Trinajstić information content (AvgIpc) is 2.48. The molecule has 2 heterocycles. The quantitative estimate of drug-likeness (QED) is 0.843. The molecule has 0 saturated carbocycles. The predicted molar refractivity (Wildman–Crippen MR) is 96.1 cm³/mol. The van der Waals surface area contributed by atoms with Crippen LogP contribution in [0.3, 0.4) is 0 Å². The van der Waals surface area contributed by atoms with E-state index in [0.29, 0.717) is 5.92 Å². The molecule has 1 aliphatic heterocycles. The number of pyridine rings is 1.